The van der Waals surface area contributed by atoms with Gasteiger partial charge in [0.15, 0.2) is 0 Å². The van der Waals surface area contributed by atoms with Crippen molar-refractivity contribution in [2.45, 2.75) is 45.1 Å². The van der Waals surface area contributed by atoms with Gasteiger partial charge in [0.2, 0.25) is 0 Å². The highest BCUT2D eigenvalue weighted by molar-refractivity contribution is 5.40. The average Bonchev–Trinajstić information content (AvgIpc) is 2.61. The number of nitrogens with zero attached hydrogens (tertiary/aromatic N) is 3. The van der Waals surface area contributed by atoms with E-state index in [4.69, 9.17) is 9.72 Å². The van der Waals surface area contributed by atoms with Crippen molar-refractivity contribution in [1.29, 1.82) is 0 Å². The monoisotopic (exact) mass is 303 g/mol. The zero-order chi connectivity index (χ0) is 15.2. The average molecular weight is 303 g/mol. The van der Waals surface area contributed by atoms with Gasteiger partial charge in [-0.3, -0.25) is 4.90 Å². The summed E-state index contributed by atoms with van der Waals surface area (Å²) in [5.74, 6) is 1.10. The molecule has 2 fully saturated rings. The number of likely N-dealkylation sites (tertiary alicyclic amines) is 1. The standard InChI is InChI=1S/C18H29N3O/c1-2-3-9-20-10-5-4-6-17(20)16-7-8-18(19-15-16)21-11-13-22-14-12-21/h7-8,15,17H,2-6,9-14H2,1H3/t17-/m0/s1. The molecule has 0 N–H and O–H groups in total. The van der Waals surface area contributed by atoms with Crippen LogP contribution in [0, 0.1) is 0 Å². The molecule has 0 saturated carbocycles. The maximum Gasteiger partial charge on any atom is 0.128 e. The summed E-state index contributed by atoms with van der Waals surface area (Å²) in [6.45, 7) is 8.30. The van der Waals surface area contributed by atoms with Gasteiger partial charge in [-0.15, -0.1) is 0 Å². The third-order valence-corrected chi connectivity index (χ3v) is 4.90. The fourth-order valence-corrected chi connectivity index (χ4v) is 3.57. The number of aromatic nitrogens is 1. The van der Waals surface area contributed by atoms with Crippen LogP contribution < -0.4 is 4.90 Å². The van der Waals surface area contributed by atoms with Gasteiger partial charge in [0.25, 0.3) is 0 Å². The molecule has 0 spiro atoms. The molecule has 4 nitrogen and oxygen atoms in total. The van der Waals surface area contributed by atoms with Crippen molar-refractivity contribution in [2.24, 2.45) is 0 Å². The van der Waals surface area contributed by atoms with Crippen molar-refractivity contribution < 1.29 is 4.74 Å². The maximum absolute atomic E-state index is 5.42. The van der Waals surface area contributed by atoms with Crippen molar-refractivity contribution >= 4 is 5.82 Å². The number of rotatable bonds is 5. The van der Waals surface area contributed by atoms with E-state index in [1.54, 1.807) is 0 Å². The topological polar surface area (TPSA) is 28.6 Å². The highest BCUT2D eigenvalue weighted by Gasteiger charge is 2.24. The van der Waals surface area contributed by atoms with Gasteiger partial charge in [0.1, 0.15) is 5.82 Å². The van der Waals surface area contributed by atoms with Crippen molar-refractivity contribution in [3.05, 3.63) is 23.9 Å². The number of hydrogen-bond donors (Lipinski definition) is 0. The Morgan fingerprint density at radius 2 is 2.05 bits per heavy atom. The lowest BCUT2D eigenvalue weighted by Crippen LogP contribution is -2.37. The van der Waals surface area contributed by atoms with Gasteiger partial charge in [-0.25, -0.2) is 4.98 Å². The molecule has 2 saturated heterocycles. The first kappa shape index (κ1) is 15.8. The van der Waals surface area contributed by atoms with Crippen LogP contribution in [0.1, 0.15) is 50.6 Å². The summed E-state index contributed by atoms with van der Waals surface area (Å²) >= 11 is 0. The number of unbranched alkanes of at least 4 members (excludes halogenated alkanes) is 1. The fourth-order valence-electron chi connectivity index (χ4n) is 3.57. The Bertz CT molecular complexity index is 442. The molecule has 1 aromatic rings. The number of morpholine rings is 1. The van der Waals surface area contributed by atoms with Crippen LogP contribution in [0.5, 0.6) is 0 Å². The molecule has 2 aliphatic heterocycles. The molecule has 22 heavy (non-hydrogen) atoms. The van der Waals surface area contributed by atoms with Crippen molar-refractivity contribution in [3.63, 3.8) is 0 Å². The molecular weight excluding hydrogens is 274 g/mol. The van der Waals surface area contributed by atoms with Gasteiger partial charge in [0, 0.05) is 25.3 Å². The number of hydrogen-bond acceptors (Lipinski definition) is 4. The minimum atomic E-state index is 0.575. The first-order valence-electron chi connectivity index (χ1n) is 8.91. The van der Waals surface area contributed by atoms with E-state index in [1.165, 1.54) is 50.8 Å². The third kappa shape index (κ3) is 3.79. The summed E-state index contributed by atoms with van der Waals surface area (Å²) in [7, 11) is 0. The zero-order valence-electron chi connectivity index (χ0n) is 13.8. The quantitative estimate of drug-likeness (QED) is 0.835. The first-order valence-corrected chi connectivity index (χ1v) is 8.91. The molecule has 122 valence electrons. The lowest BCUT2D eigenvalue weighted by Gasteiger charge is -2.36. The number of anilines is 1. The van der Waals surface area contributed by atoms with Crippen LogP contribution in [-0.2, 0) is 4.74 Å². The van der Waals surface area contributed by atoms with Gasteiger partial charge >= 0.3 is 0 Å². The normalized spacial score (nSPS) is 23.7. The van der Waals surface area contributed by atoms with Crippen LogP contribution in [0.3, 0.4) is 0 Å². The van der Waals surface area contributed by atoms with Crippen LogP contribution in [0.4, 0.5) is 5.82 Å². The summed E-state index contributed by atoms with van der Waals surface area (Å²) in [5.41, 5.74) is 1.40. The zero-order valence-corrected chi connectivity index (χ0v) is 13.8. The summed E-state index contributed by atoms with van der Waals surface area (Å²) in [6.07, 6.45) is 8.66. The van der Waals surface area contributed by atoms with E-state index in [0.29, 0.717) is 6.04 Å². The lowest BCUT2D eigenvalue weighted by atomic mass is 9.96. The molecule has 3 rings (SSSR count). The second-order valence-corrected chi connectivity index (χ2v) is 6.45. The molecule has 1 aromatic heterocycles. The Balaban J connectivity index is 1.67. The number of ether oxygens (including phenoxy) is 1. The third-order valence-electron chi connectivity index (χ3n) is 4.90. The Hall–Kier alpha value is -1.13. The molecule has 1 atom stereocenters. The minimum Gasteiger partial charge on any atom is -0.378 e. The maximum atomic E-state index is 5.42. The molecule has 2 aliphatic rings. The molecule has 0 unspecified atom stereocenters. The Morgan fingerprint density at radius 1 is 1.18 bits per heavy atom. The molecule has 0 bridgehead atoms. The summed E-state index contributed by atoms with van der Waals surface area (Å²) in [6, 6.07) is 5.08. The molecule has 4 heteroatoms. The highest BCUT2D eigenvalue weighted by Crippen LogP contribution is 2.31. The van der Waals surface area contributed by atoms with Crippen molar-refractivity contribution in [1.82, 2.24) is 9.88 Å². The van der Waals surface area contributed by atoms with Crippen molar-refractivity contribution in [3.8, 4) is 0 Å². The van der Waals surface area contributed by atoms with Crippen LogP contribution in [-0.4, -0.2) is 49.3 Å². The number of pyridine rings is 1. The van der Waals surface area contributed by atoms with E-state index in [2.05, 4.69) is 35.1 Å². The summed E-state index contributed by atoms with van der Waals surface area (Å²) in [4.78, 5) is 9.72. The van der Waals surface area contributed by atoms with Gasteiger partial charge in [0.05, 0.1) is 13.2 Å². The Labute approximate surface area is 134 Å². The lowest BCUT2D eigenvalue weighted by molar-refractivity contribution is 0.122. The molecule has 0 aromatic carbocycles. The van der Waals surface area contributed by atoms with Crippen LogP contribution >= 0.6 is 0 Å². The smallest absolute Gasteiger partial charge is 0.128 e. The van der Waals surface area contributed by atoms with Gasteiger partial charge in [-0.1, -0.05) is 25.8 Å². The second kappa shape index (κ2) is 7.93. The second-order valence-electron chi connectivity index (χ2n) is 6.45. The highest BCUT2D eigenvalue weighted by atomic mass is 16.5. The van der Waals surface area contributed by atoms with Crippen LogP contribution in [0.2, 0.25) is 0 Å². The Morgan fingerprint density at radius 3 is 2.77 bits per heavy atom. The summed E-state index contributed by atoms with van der Waals surface area (Å²) in [5, 5.41) is 0. The van der Waals surface area contributed by atoms with E-state index in [9.17, 15) is 0 Å². The molecule has 3 heterocycles. The summed E-state index contributed by atoms with van der Waals surface area (Å²) < 4.78 is 5.42. The van der Waals surface area contributed by atoms with E-state index in [-0.39, 0.29) is 0 Å². The predicted octanol–water partition coefficient (Wildman–Crippen LogP) is 3.25. The largest absolute Gasteiger partial charge is 0.378 e. The minimum absolute atomic E-state index is 0.575. The van der Waals surface area contributed by atoms with Crippen molar-refractivity contribution in [2.75, 3.05) is 44.3 Å². The predicted molar refractivity (Wildman–Crippen MR) is 90.3 cm³/mol. The van der Waals surface area contributed by atoms with Gasteiger partial charge in [-0.05, 0) is 44.0 Å². The molecule has 0 aliphatic carbocycles. The van der Waals surface area contributed by atoms with E-state index < -0.39 is 0 Å². The van der Waals surface area contributed by atoms with E-state index >= 15 is 0 Å². The van der Waals surface area contributed by atoms with Crippen LogP contribution in [0.15, 0.2) is 18.3 Å². The Kier molecular flexibility index (Phi) is 5.68. The van der Waals surface area contributed by atoms with Gasteiger partial charge < -0.3 is 9.64 Å². The SMILES string of the molecule is CCCCN1CCCC[C@H]1c1ccc(N2CCOCC2)nc1. The van der Waals surface area contributed by atoms with Gasteiger partial charge in [-0.2, -0.15) is 0 Å². The molecular formula is C18H29N3O. The molecule has 0 radical (unpaired) electrons. The van der Waals surface area contributed by atoms with Crippen LogP contribution in [0.25, 0.3) is 0 Å². The number of piperidine rings is 1. The van der Waals surface area contributed by atoms with E-state index in [1.807, 2.05) is 0 Å². The molecule has 0 amide bonds. The van der Waals surface area contributed by atoms with E-state index in [0.717, 1.165) is 32.1 Å². The first-order chi connectivity index (χ1) is 10.9. The fraction of sp³-hybridized carbons (Fsp3) is 0.722.